The summed E-state index contributed by atoms with van der Waals surface area (Å²) in [6.07, 6.45) is -0.341. The van der Waals surface area contributed by atoms with Gasteiger partial charge in [0.25, 0.3) is 0 Å². The average Bonchev–Trinajstić information content (AvgIpc) is 3.00. The van der Waals surface area contributed by atoms with E-state index in [4.69, 9.17) is 24.1 Å². The molecule has 13 heteroatoms. The normalized spacial score (nSPS) is 21.6. The van der Waals surface area contributed by atoms with Gasteiger partial charge in [0.15, 0.2) is 17.1 Å². The van der Waals surface area contributed by atoms with E-state index in [1.165, 1.54) is 36.4 Å². The first kappa shape index (κ1) is 35.1. The van der Waals surface area contributed by atoms with Crippen molar-refractivity contribution in [1.82, 2.24) is 0 Å². The van der Waals surface area contributed by atoms with E-state index < -0.39 is 60.4 Å². The summed E-state index contributed by atoms with van der Waals surface area (Å²) < 4.78 is 21.2. The van der Waals surface area contributed by atoms with Gasteiger partial charge in [-0.1, -0.05) is 18.2 Å². The summed E-state index contributed by atoms with van der Waals surface area (Å²) in [5, 5.41) is 60.0. The Morgan fingerprint density at radius 2 is 1.38 bits per heavy atom. The first-order chi connectivity index (χ1) is 21.4. The Labute approximate surface area is 259 Å². The van der Waals surface area contributed by atoms with Gasteiger partial charge in [-0.15, -0.1) is 0 Å². The highest BCUT2D eigenvalue weighted by atomic mass is 16.6. The fraction of sp³-hybridized carbons (Fsp3) is 0.406. The summed E-state index contributed by atoms with van der Waals surface area (Å²) in [6, 6.07) is 8.57. The highest BCUT2D eigenvalue weighted by Gasteiger charge is 2.53. The van der Waals surface area contributed by atoms with E-state index in [-0.39, 0.29) is 31.3 Å². The molecule has 1 aliphatic rings. The fourth-order valence-electron chi connectivity index (χ4n) is 4.43. The maximum absolute atomic E-state index is 13.0. The molecule has 0 aromatic heterocycles. The van der Waals surface area contributed by atoms with Crippen molar-refractivity contribution in [1.29, 1.82) is 0 Å². The van der Waals surface area contributed by atoms with E-state index in [9.17, 15) is 39.9 Å². The van der Waals surface area contributed by atoms with Crippen LogP contribution in [-0.2, 0) is 33.3 Å². The van der Waals surface area contributed by atoms with Crippen LogP contribution in [0.4, 0.5) is 0 Å². The average molecular weight is 631 g/mol. The second-order valence-electron chi connectivity index (χ2n) is 10.5. The molecule has 2 aromatic carbocycles. The third-order valence-corrected chi connectivity index (χ3v) is 6.92. The molecule has 13 nitrogen and oxygen atoms in total. The lowest BCUT2D eigenvalue weighted by Gasteiger charge is -2.41. The zero-order valence-corrected chi connectivity index (χ0v) is 24.7. The number of phenols is 3. The molecule has 0 saturated heterocycles. The molecule has 244 valence electrons. The lowest BCUT2D eigenvalue weighted by molar-refractivity contribution is -0.206. The number of carbonyl (C=O) groups excluding carboxylic acids is 3. The maximum atomic E-state index is 13.0. The minimum absolute atomic E-state index is 0.0210. The van der Waals surface area contributed by atoms with Gasteiger partial charge in [0.1, 0.15) is 24.1 Å². The van der Waals surface area contributed by atoms with E-state index >= 15 is 0 Å². The number of aliphatic hydroxyl groups is 3. The third-order valence-electron chi connectivity index (χ3n) is 6.92. The number of aliphatic hydroxyl groups excluding tert-OH is 2. The highest BCUT2D eigenvalue weighted by molar-refractivity contribution is 5.88. The van der Waals surface area contributed by atoms with Gasteiger partial charge in [0.05, 0.1) is 6.61 Å². The van der Waals surface area contributed by atoms with E-state index in [1.54, 1.807) is 19.1 Å². The van der Waals surface area contributed by atoms with Crippen LogP contribution in [0.3, 0.4) is 0 Å². The monoisotopic (exact) mass is 630 g/mol. The van der Waals surface area contributed by atoms with Crippen LogP contribution in [-0.4, -0.2) is 98.9 Å². The molecule has 0 unspecified atom stereocenters. The summed E-state index contributed by atoms with van der Waals surface area (Å²) in [6.45, 7) is 2.13. The summed E-state index contributed by atoms with van der Waals surface area (Å²) in [5.41, 5.74) is -0.837. The summed E-state index contributed by atoms with van der Waals surface area (Å²) >= 11 is 0. The van der Waals surface area contributed by atoms with Crippen LogP contribution < -0.4 is 0 Å². The molecule has 45 heavy (non-hydrogen) atoms. The lowest BCUT2D eigenvalue weighted by atomic mass is 9.79. The number of phenolic OH excluding ortho intramolecular Hbond substituents is 3. The first-order valence-electron chi connectivity index (χ1n) is 14.3. The van der Waals surface area contributed by atoms with Crippen molar-refractivity contribution in [2.24, 2.45) is 0 Å². The van der Waals surface area contributed by atoms with E-state index in [0.29, 0.717) is 36.1 Å². The Kier molecular flexibility index (Phi) is 12.9. The molecule has 1 fully saturated rings. The Hall–Kier alpha value is -4.43. The van der Waals surface area contributed by atoms with Gasteiger partial charge in [-0.25, -0.2) is 14.4 Å². The number of hydrogen-bond acceptors (Lipinski definition) is 13. The number of aryl methyl sites for hydroxylation is 1. The Morgan fingerprint density at radius 1 is 0.822 bits per heavy atom. The van der Waals surface area contributed by atoms with Crippen molar-refractivity contribution in [3.05, 3.63) is 65.2 Å². The van der Waals surface area contributed by atoms with Crippen molar-refractivity contribution < 1.29 is 64.0 Å². The number of carbonyl (C=O) groups is 3. The third kappa shape index (κ3) is 10.6. The molecular formula is C32H38O13. The number of rotatable bonds is 14. The maximum Gasteiger partial charge on any atom is 0.338 e. The number of esters is 3. The van der Waals surface area contributed by atoms with Crippen LogP contribution >= 0.6 is 0 Å². The van der Waals surface area contributed by atoms with Crippen molar-refractivity contribution >= 4 is 30.1 Å². The molecule has 0 spiro atoms. The molecule has 4 atom stereocenters. The van der Waals surface area contributed by atoms with Crippen molar-refractivity contribution in [3.8, 4) is 17.2 Å². The Morgan fingerprint density at radius 3 is 1.93 bits per heavy atom. The minimum Gasteiger partial charge on any atom is -0.508 e. The van der Waals surface area contributed by atoms with Gasteiger partial charge in [0, 0.05) is 51.2 Å². The van der Waals surface area contributed by atoms with Gasteiger partial charge in [0.2, 0.25) is 0 Å². The standard InChI is InChI=1S/C32H38O13/c1-20-4-5-21(16-24(20)35)7-10-28(37)44-26-18-32(41,31(40)43-15-3-14-42-13-2-12-33)19-27(30(26)39)45-29(38)11-8-22-6-9-23(34)25(36)17-22/h4-11,16-17,26-27,30,33-36,39,41H,2-3,12-15,18-19H2,1H3/b10-7+,11-8+/t26-,27-,30+,32-/m1/s1. The predicted octanol–water partition coefficient (Wildman–Crippen LogP) is 1.88. The van der Waals surface area contributed by atoms with Gasteiger partial charge < -0.3 is 49.6 Å². The van der Waals surface area contributed by atoms with Crippen molar-refractivity contribution in [2.45, 2.75) is 56.5 Å². The largest absolute Gasteiger partial charge is 0.508 e. The van der Waals surface area contributed by atoms with Crippen LogP contribution in [0.1, 0.15) is 42.4 Å². The van der Waals surface area contributed by atoms with E-state index in [2.05, 4.69) is 0 Å². The topological polar surface area (TPSA) is 210 Å². The molecular weight excluding hydrogens is 592 g/mol. The van der Waals surface area contributed by atoms with Crippen molar-refractivity contribution in [3.63, 3.8) is 0 Å². The fourth-order valence-corrected chi connectivity index (χ4v) is 4.43. The summed E-state index contributed by atoms with van der Waals surface area (Å²) in [4.78, 5) is 38.2. The molecule has 1 aliphatic carbocycles. The van der Waals surface area contributed by atoms with Gasteiger partial charge in [-0.2, -0.15) is 0 Å². The highest BCUT2D eigenvalue weighted by Crippen LogP contribution is 2.34. The molecule has 2 aromatic rings. The summed E-state index contributed by atoms with van der Waals surface area (Å²) in [5.74, 6) is -3.73. The quantitative estimate of drug-likeness (QED) is 0.0580. The van der Waals surface area contributed by atoms with E-state index in [1.807, 2.05) is 0 Å². The minimum atomic E-state index is -2.30. The number of aromatic hydroxyl groups is 3. The van der Waals surface area contributed by atoms with Gasteiger partial charge >= 0.3 is 17.9 Å². The molecule has 0 radical (unpaired) electrons. The van der Waals surface area contributed by atoms with Gasteiger partial charge in [-0.05, 0) is 60.4 Å². The SMILES string of the molecule is Cc1ccc(/C=C/C(=O)O[C@@H]2C[C@](O)(C(=O)OCCCOCCCO)C[C@@H](OC(=O)/C=C/c3ccc(O)c(O)c3)[C@H]2O)cc1O. The predicted molar refractivity (Wildman–Crippen MR) is 159 cm³/mol. The van der Waals surface area contributed by atoms with Crippen LogP contribution in [0.15, 0.2) is 48.6 Å². The molecule has 0 amide bonds. The second-order valence-corrected chi connectivity index (χ2v) is 10.5. The molecule has 3 rings (SSSR count). The van der Waals surface area contributed by atoms with Crippen LogP contribution in [0.25, 0.3) is 12.2 Å². The Bertz CT molecular complexity index is 1300. The number of hydrogen-bond donors (Lipinski definition) is 6. The number of benzene rings is 2. The second kappa shape index (κ2) is 16.6. The number of ether oxygens (including phenoxy) is 4. The van der Waals surface area contributed by atoms with E-state index in [0.717, 1.165) is 12.2 Å². The zero-order valence-electron chi connectivity index (χ0n) is 24.7. The summed E-state index contributed by atoms with van der Waals surface area (Å²) in [7, 11) is 0. The molecule has 0 bridgehead atoms. The van der Waals surface area contributed by atoms with Gasteiger partial charge in [-0.3, -0.25) is 0 Å². The molecule has 6 N–H and O–H groups in total. The molecule has 1 saturated carbocycles. The first-order valence-corrected chi connectivity index (χ1v) is 14.3. The smallest absolute Gasteiger partial charge is 0.338 e. The zero-order chi connectivity index (χ0) is 33.0. The lowest BCUT2D eigenvalue weighted by Crippen LogP contribution is -2.58. The van der Waals surface area contributed by atoms with Crippen molar-refractivity contribution in [2.75, 3.05) is 26.4 Å². The molecule has 0 aliphatic heterocycles. The van der Waals surface area contributed by atoms with Crippen LogP contribution in [0, 0.1) is 6.92 Å². The van der Waals surface area contributed by atoms with Crippen LogP contribution in [0.2, 0.25) is 0 Å². The molecule has 0 heterocycles. The van der Waals surface area contributed by atoms with Crippen LogP contribution in [0.5, 0.6) is 17.2 Å². The Balaban J connectivity index is 1.72.